The molecule has 0 bridgehead atoms. The van der Waals surface area contributed by atoms with Crippen LogP contribution in [0, 0.1) is 3.57 Å². The van der Waals surface area contributed by atoms with Gasteiger partial charge in [0.1, 0.15) is 0 Å². The maximum atomic E-state index is 12.4. The van der Waals surface area contributed by atoms with Crippen molar-refractivity contribution in [3.8, 4) is 11.5 Å². The maximum Gasteiger partial charge on any atom is 0.252 e. The van der Waals surface area contributed by atoms with Crippen molar-refractivity contribution in [3.05, 3.63) is 51.1 Å². The minimum Gasteiger partial charge on any atom is -0.493 e. The zero-order chi connectivity index (χ0) is 16.8. The number of nitrogens with one attached hydrogen (secondary N) is 1. The molecule has 23 heavy (non-hydrogen) atoms. The Hall–Kier alpha value is -1.41. The molecule has 0 aliphatic heterocycles. The molecule has 4 nitrogen and oxygen atoms in total. The second kappa shape index (κ2) is 8.44. The van der Waals surface area contributed by atoms with Gasteiger partial charge in [-0.15, -0.1) is 11.8 Å². The second-order valence-electron chi connectivity index (χ2n) is 4.72. The van der Waals surface area contributed by atoms with Gasteiger partial charge in [-0.3, -0.25) is 4.79 Å². The summed E-state index contributed by atoms with van der Waals surface area (Å²) in [6, 6.07) is 11.6. The van der Waals surface area contributed by atoms with E-state index in [9.17, 15) is 4.79 Å². The molecule has 0 fully saturated rings. The molecule has 0 radical (unpaired) electrons. The number of carbonyl (C=O) groups excluding carboxylic acids is 1. The molecule has 2 aromatic carbocycles. The molecule has 0 spiro atoms. The number of halogens is 1. The fraction of sp³-hybridized carbons (Fsp3) is 0.235. The molecule has 1 amide bonds. The van der Waals surface area contributed by atoms with Crippen molar-refractivity contribution < 1.29 is 14.3 Å². The zero-order valence-electron chi connectivity index (χ0n) is 13.2. The lowest BCUT2D eigenvalue weighted by molar-refractivity contribution is 0.0949. The Balaban J connectivity index is 2.10. The van der Waals surface area contributed by atoms with Crippen LogP contribution in [0.25, 0.3) is 0 Å². The average Bonchev–Trinajstić information content (AvgIpc) is 2.59. The third-order valence-corrected chi connectivity index (χ3v) is 4.97. The molecule has 122 valence electrons. The highest BCUT2D eigenvalue weighted by Crippen LogP contribution is 2.31. The van der Waals surface area contributed by atoms with E-state index in [1.807, 2.05) is 30.5 Å². The molecule has 6 heteroatoms. The molecule has 0 saturated carbocycles. The van der Waals surface area contributed by atoms with Crippen LogP contribution >= 0.6 is 34.4 Å². The van der Waals surface area contributed by atoms with E-state index in [2.05, 4.69) is 27.9 Å². The Bertz CT molecular complexity index is 689. The monoisotopic (exact) mass is 443 g/mol. The first-order valence-electron chi connectivity index (χ1n) is 6.91. The summed E-state index contributed by atoms with van der Waals surface area (Å²) in [4.78, 5) is 13.6. The van der Waals surface area contributed by atoms with Gasteiger partial charge in [0.2, 0.25) is 0 Å². The van der Waals surface area contributed by atoms with Crippen molar-refractivity contribution in [2.45, 2.75) is 11.4 Å². The minimum absolute atomic E-state index is 0.135. The summed E-state index contributed by atoms with van der Waals surface area (Å²) in [6.45, 7) is 0.484. The number of carbonyl (C=O) groups is 1. The highest BCUT2D eigenvalue weighted by Gasteiger charge is 2.15. The van der Waals surface area contributed by atoms with Crippen molar-refractivity contribution in [2.75, 3.05) is 20.5 Å². The highest BCUT2D eigenvalue weighted by atomic mass is 127. The molecule has 0 unspecified atom stereocenters. The van der Waals surface area contributed by atoms with Gasteiger partial charge in [0.15, 0.2) is 11.5 Å². The van der Waals surface area contributed by atoms with Crippen molar-refractivity contribution in [3.63, 3.8) is 0 Å². The summed E-state index contributed by atoms with van der Waals surface area (Å²) in [5, 5.41) is 2.94. The van der Waals surface area contributed by atoms with E-state index in [1.54, 1.807) is 38.1 Å². The highest BCUT2D eigenvalue weighted by molar-refractivity contribution is 14.1. The van der Waals surface area contributed by atoms with Gasteiger partial charge in [-0.25, -0.2) is 0 Å². The molecule has 0 aromatic heterocycles. The number of hydrogen-bond donors (Lipinski definition) is 1. The molecule has 2 rings (SSSR count). The van der Waals surface area contributed by atoms with Crippen LogP contribution in [-0.2, 0) is 6.54 Å². The number of amides is 1. The van der Waals surface area contributed by atoms with Crippen LogP contribution < -0.4 is 14.8 Å². The Morgan fingerprint density at radius 2 is 1.74 bits per heavy atom. The first-order valence-corrected chi connectivity index (χ1v) is 9.22. The lowest BCUT2D eigenvalue weighted by atomic mass is 10.1. The summed E-state index contributed by atoms with van der Waals surface area (Å²) >= 11 is 3.82. The Kier molecular flexibility index (Phi) is 6.59. The quantitative estimate of drug-likeness (QED) is 0.543. The molecular weight excluding hydrogens is 425 g/mol. The third kappa shape index (κ3) is 4.54. The predicted octanol–water partition coefficient (Wildman–Crippen LogP) is 3.96. The van der Waals surface area contributed by atoms with E-state index in [-0.39, 0.29) is 5.91 Å². The van der Waals surface area contributed by atoms with Gasteiger partial charge in [0, 0.05) is 15.0 Å². The van der Waals surface area contributed by atoms with E-state index >= 15 is 0 Å². The summed E-state index contributed by atoms with van der Waals surface area (Å²) in [7, 11) is 3.13. The van der Waals surface area contributed by atoms with Crippen LogP contribution in [0.3, 0.4) is 0 Å². The normalized spacial score (nSPS) is 10.3. The molecular formula is C17H18INO3S. The van der Waals surface area contributed by atoms with Crippen molar-refractivity contribution in [1.29, 1.82) is 0 Å². The lowest BCUT2D eigenvalue weighted by Crippen LogP contribution is -2.23. The van der Waals surface area contributed by atoms with E-state index in [4.69, 9.17) is 9.47 Å². The smallest absolute Gasteiger partial charge is 0.252 e. The fourth-order valence-electron chi connectivity index (χ4n) is 2.05. The van der Waals surface area contributed by atoms with E-state index in [1.165, 1.54) is 4.90 Å². The standard InChI is InChI=1S/C17H18INO3S/c1-21-15-8-13(14(18)9-16(15)22-2)17(20)19-10-11-4-6-12(23-3)7-5-11/h4-9H,10H2,1-3H3,(H,19,20). The Morgan fingerprint density at radius 1 is 1.13 bits per heavy atom. The summed E-state index contributed by atoms with van der Waals surface area (Å²) in [5.74, 6) is 1.02. The molecule has 0 aliphatic rings. The van der Waals surface area contributed by atoms with Crippen molar-refractivity contribution in [2.24, 2.45) is 0 Å². The first kappa shape index (κ1) is 17.9. The van der Waals surface area contributed by atoms with Gasteiger partial charge in [-0.05, 0) is 58.7 Å². The van der Waals surface area contributed by atoms with Gasteiger partial charge >= 0.3 is 0 Å². The van der Waals surface area contributed by atoms with Crippen LogP contribution in [0.2, 0.25) is 0 Å². The zero-order valence-corrected chi connectivity index (χ0v) is 16.2. The number of ether oxygens (including phenoxy) is 2. The molecule has 0 aliphatic carbocycles. The van der Waals surface area contributed by atoms with Crippen LogP contribution in [0.15, 0.2) is 41.3 Å². The van der Waals surface area contributed by atoms with E-state index in [0.29, 0.717) is 23.6 Å². The van der Waals surface area contributed by atoms with Crippen molar-refractivity contribution >= 4 is 40.3 Å². The van der Waals surface area contributed by atoms with Gasteiger partial charge in [-0.2, -0.15) is 0 Å². The summed E-state index contributed by atoms with van der Waals surface area (Å²) in [6.07, 6.45) is 2.04. The number of benzene rings is 2. The largest absolute Gasteiger partial charge is 0.493 e. The third-order valence-electron chi connectivity index (χ3n) is 3.33. The summed E-state index contributed by atoms with van der Waals surface area (Å²) in [5.41, 5.74) is 1.63. The first-order chi connectivity index (χ1) is 11.1. The molecule has 2 aromatic rings. The SMILES string of the molecule is COc1cc(I)c(C(=O)NCc2ccc(SC)cc2)cc1OC. The van der Waals surface area contributed by atoms with E-state index in [0.717, 1.165) is 9.13 Å². The van der Waals surface area contributed by atoms with Crippen LogP contribution in [0.4, 0.5) is 0 Å². The van der Waals surface area contributed by atoms with Gasteiger partial charge < -0.3 is 14.8 Å². The van der Waals surface area contributed by atoms with Gasteiger partial charge in [-0.1, -0.05) is 12.1 Å². The molecule has 1 N–H and O–H groups in total. The van der Waals surface area contributed by atoms with Crippen LogP contribution in [0.5, 0.6) is 11.5 Å². The topological polar surface area (TPSA) is 47.6 Å². The minimum atomic E-state index is -0.135. The Labute approximate surface area is 154 Å². The maximum absolute atomic E-state index is 12.4. The number of thioether (sulfide) groups is 1. The van der Waals surface area contributed by atoms with Crippen LogP contribution in [0.1, 0.15) is 15.9 Å². The number of hydrogen-bond acceptors (Lipinski definition) is 4. The summed E-state index contributed by atoms with van der Waals surface area (Å²) < 4.78 is 11.3. The molecule has 0 saturated heterocycles. The average molecular weight is 443 g/mol. The number of rotatable bonds is 6. The van der Waals surface area contributed by atoms with E-state index < -0.39 is 0 Å². The Morgan fingerprint density at radius 3 is 2.30 bits per heavy atom. The van der Waals surface area contributed by atoms with Gasteiger partial charge in [0.25, 0.3) is 5.91 Å². The predicted molar refractivity (Wildman–Crippen MR) is 102 cm³/mol. The molecule has 0 heterocycles. The lowest BCUT2D eigenvalue weighted by Gasteiger charge is -2.12. The second-order valence-corrected chi connectivity index (χ2v) is 6.76. The van der Waals surface area contributed by atoms with Gasteiger partial charge in [0.05, 0.1) is 19.8 Å². The fourth-order valence-corrected chi connectivity index (χ4v) is 3.14. The van der Waals surface area contributed by atoms with Crippen molar-refractivity contribution in [1.82, 2.24) is 5.32 Å². The van der Waals surface area contributed by atoms with Crippen LogP contribution in [-0.4, -0.2) is 26.4 Å². The number of methoxy groups -OCH3 is 2. The molecule has 0 atom stereocenters.